The maximum absolute atomic E-state index is 12.3. The van der Waals surface area contributed by atoms with E-state index in [-0.39, 0.29) is 30.0 Å². The highest BCUT2D eigenvalue weighted by atomic mass is 127. The number of para-hydroxylation sites is 1. The molecule has 0 amide bonds. The SMILES string of the molecule is CCS(=O)C1CCCC(NC(=NC)NCC(c2ccccc2OC)N2CCCCC2)C1.I. The summed E-state index contributed by atoms with van der Waals surface area (Å²) in [6.45, 7) is 5.02. The predicted octanol–water partition coefficient (Wildman–Crippen LogP) is 4.09. The van der Waals surface area contributed by atoms with Crippen LogP contribution in [-0.4, -0.2) is 65.9 Å². The van der Waals surface area contributed by atoms with Crippen molar-refractivity contribution < 1.29 is 8.95 Å². The zero-order chi connectivity index (χ0) is 22.1. The normalized spacial score (nSPS) is 24.2. The van der Waals surface area contributed by atoms with Crippen LogP contribution < -0.4 is 15.4 Å². The summed E-state index contributed by atoms with van der Waals surface area (Å²) in [6, 6.07) is 8.93. The van der Waals surface area contributed by atoms with Crippen LogP contribution >= 0.6 is 24.0 Å². The molecule has 8 heteroatoms. The van der Waals surface area contributed by atoms with Crippen molar-refractivity contribution >= 4 is 40.7 Å². The van der Waals surface area contributed by atoms with E-state index >= 15 is 0 Å². The van der Waals surface area contributed by atoms with E-state index in [0.717, 1.165) is 62.8 Å². The Balaban J connectivity index is 0.00000363. The Hall–Kier alpha value is -0.870. The molecule has 0 radical (unpaired) electrons. The van der Waals surface area contributed by atoms with E-state index in [1.54, 1.807) is 7.11 Å². The van der Waals surface area contributed by atoms with Crippen LogP contribution in [0, 0.1) is 0 Å². The van der Waals surface area contributed by atoms with Crippen molar-refractivity contribution in [3.05, 3.63) is 29.8 Å². The first kappa shape index (κ1) is 27.4. The summed E-state index contributed by atoms with van der Waals surface area (Å²) in [5.74, 6) is 2.53. The molecule has 1 aromatic carbocycles. The number of hydrogen-bond acceptors (Lipinski definition) is 4. The van der Waals surface area contributed by atoms with Crippen molar-refractivity contribution in [2.45, 2.75) is 69.2 Å². The number of piperidine rings is 1. The molecule has 2 aliphatic rings. The van der Waals surface area contributed by atoms with E-state index in [9.17, 15) is 4.21 Å². The second kappa shape index (κ2) is 14.4. The van der Waals surface area contributed by atoms with E-state index in [1.807, 2.05) is 20.0 Å². The lowest BCUT2D eigenvalue weighted by molar-refractivity contribution is 0.161. The first-order valence-electron chi connectivity index (χ1n) is 11.9. The molecule has 4 atom stereocenters. The zero-order valence-electron chi connectivity index (χ0n) is 19.8. The number of benzene rings is 1. The molecule has 2 fully saturated rings. The van der Waals surface area contributed by atoms with Gasteiger partial charge in [0.2, 0.25) is 0 Å². The van der Waals surface area contributed by atoms with Gasteiger partial charge in [-0.1, -0.05) is 38.0 Å². The highest BCUT2D eigenvalue weighted by Gasteiger charge is 2.28. The van der Waals surface area contributed by atoms with E-state index in [4.69, 9.17) is 4.74 Å². The van der Waals surface area contributed by atoms with Gasteiger partial charge >= 0.3 is 0 Å². The molecule has 4 unspecified atom stereocenters. The number of aliphatic imine (C=N–C) groups is 1. The van der Waals surface area contributed by atoms with Crippen molar-refractivity contribution in [3.63, 3.8) is 0 Å². The molecular weight excluding hydrogens is 535 g/mol. The van der Waals surface area contributed by atoms with Crippen LogP contribution in [0.3, 0.4) is 0 Å². The number of hydrogen-bond donors (Lipinski definition) is 2. The van der Waals surface area contributed by atoms with Crippen LogP contribution in [0.1, 0.15) is 63.5 Å². The first-order chi connectivity index (χ1) is 15.2. The number of methoxy groups -OCH3 is 1. The standard InChI is InChI=1S/C24H40N4O2S.HI/c1-4-31(29)20-12-10-11-19(17-20)27-24(25-2)26-18-22(28-15-8-5-9-16-28)21-13-6-7-14-23(21)30-3;/h6-7,13-14,19-20,22H,4-5,8-12,15-18H2,1-3H3,(H2,25,26,27);1H. The molecule has 3 rings (SSSR count). The molecule has 0 bridgehead atoms. The van der Waals surface area contributed by atoms with Gasteiger partial charge in [0, 0.05) is 47.0 Å². The van der Waals surface area contributed by atoms with Gasteiger partial charge in [0.15, 0.2) is 5.96 Å². The fourth-order valence-corrected chi connectivity index (χ4v) is 6.29. The van der Waals surface area contributed by atoms with Crippen LogP contribution in [0.4, 0.5) is 0 Å². The number of nitrogens with one attached hydrogen (secondary N) is 2. The van der Waals surface area contributed by atoms with Gasteiger partial charge in [-0.15, -0.1) is 24.0 Å². The molecule has 6 nitrogen and oxygen atoms in total. The molecule has 0 aromatic heterocycles. The van der Waals surface area contributed by atoms with Crippen LogP contribution in [0.5, 0.6) is 5.75 Å². The highest BCUT2D eigenvalue weighted by Crippen LogP contribution is 2.31. The van der Waals surface area contributed by atoms with Crippen molar-refractivity contribution in [2.75, 3.05) is 39.5 Å². The molecule has 1 saturated carbocycles. The minimum Gasteiger partial charge on any atom is -0.496 e. The largest absolute Gasteiger partial charge is 0.496 e. The summed E-state index contributed by atoms with van der Waals surface area (Å²) in [6.07, 6.45) is 8.09. The number of ether oxygens (including phenoxy) is 1. The Morgan fingerprint density at radius 1 is 1.22 bits per heavy atom. The van der Waals surface area contributed by atoms with E-state index in [0.29, 0.717) is 11.3 Å². The van der Waals surface area contributed by atoms with Gasteiger partial charge in [-0.25, -0.2) is 0 Å². The second-order valence-corrected chi connectivity index (χ2v) is 10.6. The van der Waals surface area contributed by atoms with Gasteiger partial charge in [-0.2, -0.15) is 0 Å². The number of likely N-dealkylation sites (tertiary alicyclic amines) is 1. The molecule has 1 aromatic rings. The summed E-state index contributed by atoms with van der Waals surface area (Å²) >= 11 is 0. The third-order valence-corrected chi connectivity index (χ3v) is 8.38. The van der Waals surface area contributed by atoms with Crippen LogP contribution in [0.25, 0.3) is 0 Å². The molecule has 2 N–H and O–H groups in total. The summed E-state index contributed by atoms with van der Waals surface area (Å²) in [5, 5.41) is 7.50. The van der Waals surface area contributed by atoms with E-state index in [1.165, 1.54) is 24.8 Å². The van der Waals surface area contributed by atoms with Crippen LogP contribution in [0.2, 0.25) is 0 Å². The Labute approximate surface area is 213 Å². The molecule has 32 heavy (non-hydrogen) atoms. The number of rotatable bonds is 8. The lowest BCUT2D eigenvalue weighted by atomic mass is 9.95. The zero-order valence-corrected chi connectivity index (χ0v) is 23.0. The Kier molecular flexibility index (Phi) is 12.3. The summed E-state index contributed by atoms with van der Waals surface area (Å²) in [5.41, 5.74) is 1.23. The van der Waals surface area contributed by atoms with Crippen LogP contribution in [-0.2, 0) is 10.8 Å². The maximum atomic E-state index is 12.3. The highest BCUT2D eigenvalue weighted by molar-refractivity contribution is 14.0. The second-order valence-electron chi connectivity index (χ2n) is 8.61. The Bertz CT molecular complexity index is 742. The van der Waals surface area contributed by atoms with E-state index < -0.39 is 10.8 Å². The van der Waals surface area contributed by atoms with Gasteiger partial charge in [-0.05, 0) is 51.3 Å². The van der Waals surface area contributed by atoms with Crippen molar-refractivity contribution in [3.8, 4) is 5.75 Å². The smallest absolute Gasteiger partial charge is 0.191 e. The minimum atomic E-state index is -0.715. The van der Waals surface area contributed by atoms with Crippen molar-refractivity contribution in [1.29, 1.82) is 0 Å². The lowest BCUT2D eigenvalue weighted by Crippen LogP contribution is -2.49. The van der Waals surface area contributed by atoms with Crippen molar-refractivity contribution in [2.24, 2.45) is 4.99 Å². The van der Waals surface area contributed by atoms with Gasteiger partial charge in [0.1, 0.15) is 5.75 Å². The number of halogens is 1. The van der Waals surface area contributed by atoms with E-state index in [2.05, 4.69) is 38.7 Å². The molecule has 1 heterocycles. The minimum absolute atomic E-state index is 0. The Morgan fingerprint density at radius 2 is 1.97 bits per heavy atom. The third-order valence-electron chi connectivity index (χ3n) is 6.64. The molecule has 1 aliphatic carbocycles. The maximum Gasteiger partial charge on any atom is 0.191 e. The monoisotopic (exact) mass is 576 g/mol. The molecule has 1 saturated heterocycles. The number of nitrogens with zero attached hydrogens (tertiary/aromatic N) is 2. The molecule has 1 aliphatic heterocycles. The molecule has 182 valence electrons. The first-order valence-corrected chi connectivity index (χ1v) is 13.3. The van der Waals surface area contributed by atoms with Gasteiger partial charge in [0.05, 0.1) is 13.2 Å². The lowest BCUT2D eigenvalue weighted by Gasteiger charge is -2.36. The van der Waals surface area contributed by atoms with Gasteiger partial charge in [-0.3, -0.25) is 14.1 Å². The number of guanidine groups is 1. The summed E-state index contributed by atoms with van der Waals surface area (Å²) in [7, 11) is 2.87. The fourth-order valence-electron chi connectivity index (χ4n) is 4.94. The Morgan fingerprint density at radius 3 is 2.66 bits per heavy atom. The fraction of sp³-hybridized carbons (Fsp3) is 0.708. The van der Waals surface area contributed by atoms with Crippen LogP contribution in [0.15, 0.2) is 29.3 Å². The topological polar surface area (TPSA) is 66.0 Å². The quantitative estimate of drug-likeness (QED) is 0.278. The van der Waals surface area contributed by atoms with Gasteiger partial charge < -0.3 is 15.4 Å². The summed E-state index contributed by atoms with van der Waals surface area (Å²) in [4.78, 5) is 7.07. The molecular formula is C24H41IN4O2S. The predicted molar refractivity (Wildman–Crippen MR) is 146 cm³/mol. The third kappa shape index (κ3) is 7.58. The summed E-state index contributed by atoms with van der Waals surface area (Å²) < 4.78 is 18.0. The molecule has 0 spiro atoms. The van der Waals surface area contributed by atoms with Gasteiger partial charge in [0.25, 0.3) is 0 Å². The average Bonchev–Trinajstić information content (AvgIpc) is 2.84. The van der Waals surface area contributed by atoms with Crippen molar-refractivity contribution in [1.82, 2.24) is 15.5 Å². The average molecular weight is 577 g/mol.